The summed E-state index contributed by atoms with van der Waals surface area (Å²) in [6.07, 6.45) is 3.27. The molecule has 96 valence electrons. The van der Waals surface area contributed by atoms with Crippen molar-refractivity contribution in [2.24, 2.45) is 4.99 Å². The van der Waals surface area contributed by atoms with Gasteiger partial charge in [-0.2, -0.15) is 4.99 Å². The SMILES string of the molecule is O=C=Nc1cnc(C2CCC(F)(F)CC2)c(Cl)c1. The van der Waals surface area contributed by atoms with Gasteiger partial charge in [0.2, 0.25) is 12.0 Å². The summed E-state index contributed by atoms with van der Waals surface area (Å²) in [6, 6.07) is 1.50. The van der Waals surface area contributed by atoms with E-state index in [1.165, 1.54) is 18.3 Å². The van der Waals surface area contributed by atoms with Crippen LogP contribution >= 0.6 is 11.6 Å². The molecule has 3 nitrogen and oxygen atoms in total. The van der Waals surface area contributed by atoms with Gasteiger partial charge in [0.25, 0.3) is 0 Å². The molecule has 1 fully saturated rings. The number of isocyanates is 1. The second kappa shape index (κ2) is 5.12. The Morgan fingerprint density at radius 3 is 2.67 bits per heavy atom. The van der Waals surface area contributed by atoms with E-state index in [9.17, 15) is 13.6 Å². The fourth-order valence-corrected chi connectivity index (χ4v) is 2.48. The average Bonchev–Trinajstić information content (AvgIpc) is 2.31. The Labute approximate surface area is 108 Å². The van der Waals surface area contributed by atoms with Gasteiger partial charge in [-0.3, -0.25) is 4.98 Å². The Morgan fingerprint density at radius 1 is 1.44 bits per heavy atom. The van der Waals surface area contributed by atoms with Gasteiger partial charge in [-0.1, -0.05) is 11.6 Å². The number of alkyl halides is 2. The van der Waals surface area contributed by atoms with E-state index in [-0.39, 0.29) is 18.8 Å². The van der Waals surface area contributed by atoms with Crippen LogP contribution in [0.15, 0.2) is 17.3 Å². The van der Waals surface area contributed by atoms with Gasteiger partial charge in [0, 0.05) is 18.8 Å². The number of carbonyl (C=O) groups excluding carboxylic acids is 1. The van der Waals surface area contributed by atoms with Crippen LogP contribution in [0.5, 0.6) is 0 Å². The number of hydrogen-bond acceptors (Lipinski definition) is 3. The molecule has 1 saturated carbocycles. The molecule has 0 saturated heterocycles. The van der Waals surface area contributed by atoms with Crippen LogP contribution in [-0.4, -0.2) is 17.0 Å². The van der Waals surface area contributed by atoms with Crippen LogP contribution in [0.3, 0.4) is 0 Å². The van der Waals surface area contributed by atoms with Crippen molar-refractivity contribution in [1.29, 1.82) is 0 Å². The number of aliphatic imine (C=N–C) groups is 1. The highest BCUT2D eigenvalue weighted by molar-refractivity contribution is 6.31. The lowest BCUT2D eigenvalue weighted by molar-refractivity contribution is -0.0384. The summed E-state index contributed by atoms with van der Waals surface area (Å²) in [4.78, 5) is 17.6. The highest BCUT2D eigenvalue weighted by atomic mass is 35.5. The van der Waals surface area contributed by atoms with Crippen molar-refractivity contribution < 1.29 is 13.6 Å². The first-order chi connectivity index (χ1) is 8.52. The smallest absolute Gasteiger partial charge is 0.248 e. The van der Waals surface area contributed by atoms with Crippen LogP contribution in [0.2, 0.25) is 5.02 Å². The molecule has 18 heavy (non-hydrogen) atoms. The Hall–Kier alpha value is -1.32. The molecule has 0 spiro atoms. The fraction of sp³-hybridized carbons (Fsp3) is 0.500. The number of nitrogens with zero attached hydrogens (tertiary/aromatic N) is 2. The largest absolute Gasteiger partial charge is 0.257 e. The minimum atomic E-state index is -2.56. The number of hydrogen-bond donors (Lipinski definition) is 0. The van der Waals surface area contributed by atoms with Gasteiger partial charge >= 0.3 is 0 Å². The molecule has 1 aromatic rings. The summed E-state index contributed by atoms with van der Waals surface area (Å²) in [5.74, 6) is -2.61. The third-order valence-corrected chi connectivity index (χ3v) is 3.44. The van der Waals surface area contributed by atoms with E-state index in [2.05, 4.69) is 9.98 Å². The van der Waals surface area contributed by atoms with E-state index in [1.54, 1.807) is 0 Å². The van der Waals surface area contributed by atoms with Crippen molar-refractivity contribution in [3.8, 4) is 0 Å². The van der Waals surface area contributed by atoms with Crippen LogP contribution in [0.1, 0.15) is 37.3 Å². The predicted octanol–water partition coefficient (Wildman–Crippen LogP) is 4.00. The second-order valence-corrected chi connectivity index (χ2v) is 4.80. The van der Waals surface area contributed by atoms with E-state index >= 15 is 0 Å². The molecule has 0 radical (unpaired) electrons. The normalized spacial score (nSPS) is 19.3. The second-order valence-electron chi connectivity index (χ2n) is 4.39. The zero-order valence-electron chi connectivity index (χ0n) is 9.50. The van der Waals surface area contributed by atoms with E-state index in [0.717, 1.165) is 0 Å². The fourth-order valence-electron chi connectivity index (χ4n) is 2.17. The van der Waals surface area contributed by atoms with Crippen LogP contribution in [0.25, 0.3) is 0 Å². The van der Waals surface area contributed by atoms with Crippen LogP contribution in [0.4, 0.5) is 14.5 Å². The Balaban J connectivity index is 2.17. The lowest BCUT2D eigenvalue weighted by Gasteiger charge is -2.28. The van der Waals surface area contributed by atoms with Gasteiger partial charge in [0.05, 0.1) is 22.6 Å². The number of aromatic nitrogens is 1. The number of rotatable bonds is 2. The Morgan fingerprint density at radius 2 is 2.11 bits per heavy atom. The zero-order chi connectivity index (χ0) is 13.2. The summed E-state index contributed by atoms with van der Waals surface area (Å²) in [7, 11) is 0. The molecule has 6 heteroatoms. The molecular formula is C12H11ClF2N2O. The van der Waals surface area contributed by atoms with Gasteiger partial charge in [-0.25, -0.2) is 13.6 Å². The van der Waals surface area contributed by atoms with Crippen molar-refractivity contribution in [2.45, 2.75) is 37.5 Å². The summed E-state index contributed by atoms with van der Waals surface area (Å²) < 4.78 is 26.1. The van der Waals surface area contributed by atoms with E-state index < -0.39 is 5.92 Å². The first-order valence-corrected chi connectivity index (χ1v) is 6.01. The van der Waals surface area contributed by atoms with Crippen LogP contribution in [-0.2, 0) is 4.79 Å². The molecule has 0 N–H and O–H groups in total. The molecule has 1 heterocycles. The van der Waals surface area contributed by atoms with Gasteiger partial charge in [-0.05, 0) is 18.9 Å². The predicted molar refractivity (Wildman–Crippen MR) is 63.2 cm³/mol. The van der Waals surface area contributed by atoms with E-state index in [1.807, 2.05) is 0 Å². The quantitative estimate of drug-likeness (QED) is 0.603. The monoisotopic (exact) mass is 272 g/mol. The molecule has 1 aliphatic carbocycles. The third kappa shape index (κ3) is 2.92. The van der Waals surface area contributed by atoms with E-state index in [0.29, 0.717) is 29.2 Å². The summed E-state index contributed by atoms with van der Waals surface area (Å²) in [5, 5.41) is 0.363. The van der Waals surface area contributed by atoms with Crippen LogP contribution in [0, 0.1) is 0 Å². The maximum atomic E-state index is 13.0. The lowest BCUT2D eigenvalue weighted by atomic mass is 9.84. The van der Waals surface area contributed by atoms with Gasteiger partial charge in [0.15, 0.2) is 0 Å². The molecule has 2 rings (SSSR count). The van der Waals surface area contributed by atoms with Gasteiger partial charge < -0.3 is 0 Å². The van der Waals surface area contributed by atoms with Gasteiger partial charge in [-0.15, -0.1) is 0 Å². The standard InChI is InChI=1S/C12H11ClF2N2O/c13-10-5-9(17-7-18)6-16-11(10)8-1-3-12(14,15)4-2-8/h5-6,8H,1-4H2. The maximum Gasteiger partial charge on any atom is 0.248 e. The highest BCUT2D eigenvalue weighted by Gasteiger charge is 2.36. The topological polar surface area (TPSA) is 42.3 Å². The Kier molecular flexibility index (Phi) is 3.73. The molecule has 0 atom stereocenters. The zero-order valence-corrected chi connectivity index (χ0v) is 10.3. The number of halogens is 3. The minimum Gasteiger partial charge on any atom is -0.257 e. The Bertz CT molecular complexity index is 491. The maximum absolute atomic E-state index is 13.0. The third-order valence-electron chi connectivity index (χ3n) is 3.13. The van der Waals surface area contributed by atoms with Crippen molar-refractivity contribution in [1.82, 2.24) is 4.98 Å². The minimum absolute atomic E-state index is 0.0496. The molecule has 1 aromatic heterocycles. The van der Waals surface area contributed by atoms with Crippen LogP contribution < -0.4 is 0 Å². The highest BCUT2D eigenvalue weighted by Crippen LogP contribution is 2.42. The molecule has 1 aliphatic rings. The molecule has 0 aliphatic heterocycles. The van der Waals surface area contributed by atoms with Crippen molar-refractivity contribution in [3.63, 3.8) is 0 Å². The summed E-state index contributed by atoms with van der Waals surface area (Å²) in [5.41, 5.74) is 0.928. The van der Waals surface area contributed by atoms with Crippen molar-refractivity contribution in [2.75, 3.05) is 0 Å². The molecule has 0 bridgehead atoms. The summed E-state index contributed by atoms with van der Waals surface area (Å²) >= 11 is 6.03. The number of pyridine rings is 1. The molecule has 0 unspecified atom stereocenters. The first-order valence-electron chi connectivity index (χ1n) is 5.63. The molecular weight excluding hydrogens is 262 g/mol. The average molecular weight is 273 g/mol. The van der Waals surface area contributed by atoms with Crippen molar-refractivity contribution >= 4 is 23.4 Å². The van der Waals surface area contributed by atoms with Crippen molar-refractivity contribution in [3.05, 3.63) is 23.0 Å². The van der Waals surface area contributed by atoms with E-state index in [4.69, 9.17) is 11.6 Å². The van der Waals surface area contributed by atoms with Gasteiger partial charge in [0.1, 0.15) is 0 Å². The summed E-state index contributed by atoms with van der Waals surface area (Å²) in [6.45, 7) is 0. The molecule has 0 aromatic carbocycles. The lowest BCUT2D eigenvalue weighted by Crippen LogP contribution is -2.24. The molecule has 0 amide bonds. The first kappa shape index (κ1) is 13.1.